The number of carbonyl (C=O) groups excluding carboxylic acids is 1. The molecule has 1 aromatic heterocycles. The van der Waals surface area contributed by atoms with Gasteiger partial charge < -0.3 is 4.90 Å². The van der Waals surface area contributed by atoms with Crippen molar-refractivity contribution in [2.45, 2.75) is 19.9 Å². The lowest BCUT2D eigenvalue weighted by Gasteiger charge is -2.15. The highest BCUT2D eigenvalue weighted by Gasteiger charge is 2.05. The minimum atomic E-state index is 0.156. The van der Waals surface area contributed by atoms with E-state index in [1.807, 2.05) is 19.1 Å². The van der Waals surface area contributed by atoms with Gasteiger partial charge in [0.1, 0.15) is 0 Å². The molecule has 0 aliphatic rings. The fourth-order valence-corrected chi connectivity index (χ4v) is 1.12. The molecule has 0 N–H and O–H groups in total. The average Bonchev–Trinajstić information content (AvgIpc) is 2.18. The molecule has 0 unspecified atom stereocenters. The lowest BCUT2D eigenvalue weighted by atomic mass is 10.2. The molecule has 0 saturated carbocycles. The van der Waals surface area contributed by atoms with Crippen molar-refractivity contribution in [3.63, 3.8) is 0 Å². The van der Waals surface area contributed by atoms with Gasteiger partial charge in [-0.05, 0) is 11.6 Å². The summed E-state index contributed by atoms with van der Waals surface area (Å²) in [5.41, 5.74) is 1.06. The van der Waals surface area contributed by atoms with E-state index in [9.17, 15) is 4.79 Å². The molecule has 1 aromatic rings. The Bertz CT molecular complexity index is 272. The van der Waals surface area contributed by atoms with Crippen LogP contribution in [0.4, 0.5) is 0 Å². The van der Waals surface area contributed by atoms with Crippen molar-refractivity contribution < 1.29 is 4.79 Å². The van der Waals surface area contributed by atoms with Crippen LogP contribution in [0.2, 0.25) is 0 Å². The molecule has 3 heteroatoms. The lowest BCUT2D eigenvalue weighted by molar-refractivity contribution is -0.130. The Morgan fingerprint density at radius 3 is 2.92 bits per heavy atom. The molecular weight excluding hydrogens is 164 g/mol. The van der Waals surface area contributed by atoms with E-state index in [4.69, 9.17) is 0 Å². The van der Waals surface area contributed by atoms with Crippen LogP contribution in [0.25, 0.3) is 0 Å². The van der Waals surface area contributed by atoms with Gasteiger partial charge in [0.25, 0.3) is 0 Å². The lowest BCUT2D eigenvalue weighted by Crippen LogP contribution is -2.25. The Balaban J connectivity index is 2.55. The average molecular weight is 178 g/mol. The first-order valence-corrected chi connectivity index (χ1v) is 4.37. The monoisotopic (exact) mass is 178 g/mol. The third kappa shape index (κ3) is 2.86. The molecule has 0 spiro atoms. The van der Waals surface area contributed by atoms with Gasteiger partial charge >= 0.3 is 0 Å². The first-order chi connectivity index (χ1) is 6.24. The second-order valence-electron chi connectivity index (χ2n) is 2.96. The number of pyridine rings is 1. The van der Waals surface area contributed by atoms with Crippen LogP contribution in [0.15, 0.2) is 24.5 Å². The van der Waals surface area contributed by atoms with Crippen molar-refractivity contribution in [1.29, 1.82) is 0 Å². The summed E-state index contributed by atoms with van der Waals surface area (Å²) in [6.45, 7) is 2.50. The summed E-state index contributed by atoms with van der Waals surface area (Å²) in [4.78, 5) is 16.9. The maximum absolute atomic E-state index is 11.2. The van der Waals surface area contributed by atoms with Crippen LogP contribution in [-0.2, 0) is 11.3 Å². The van der Waals surface area contributed by atoms with Crippen LogP contribution in [0.3, 0.4) is 0 Å². The van der Waals surface area contributed by atoms with Gasteiger partial charge in [-0.2, -0.15) is 0 Å². The molecule has 13 heavy (non-hydrogen) atoms. The van der Waals surface area contributed by atoms with Crippen molar-refractivity contribution in [2.24, 2.45) is 0 Å². The van der Waals surface area contributed by atoms with Gasteiger partial charge in [-0.1, -0.05) is 13.0 Å². The minimum Gasteiger partial charge on any atom is -0.341 e. The summed E-state index contributed by atoms with van der Waals surface area (Å²) in [6.07, 6.45) is 4.06. The molecule has 1 amide bonds. The van der Waals surface area contributed by atoms with Crippen molar-refractivity contribution in [3.8, 4) is 0 Å². The summed E-state index contributed by atoms with van der Waals surface area (Å²) in [6, 6.07) is 3.84. The van der Waals surface area contributed by atoms with Crippen LogP contribution in [-0.4, -0.2) is 22.8 Å². The highest BCUT2D eigenvalue weighted by molar-refractivity contribution is 5.75. The van der Waals surface area contributed by atoms with Crippen LogP contribution < -0.4 is 0 Å². The number of hydrogen-bond acceptors (Lipinski definition) is 2. The van der Waals surface area contributed by atoms with E-state index in [-0.39, 0.29) is 5.91 Å². The van der Waals surface area contributed by atoms with Gasteiger partial charge in [0.2, 0.25) is 5.91 Å². The molecule has 0 fully saturated rings. The summed E-state index contributed by atoms with van der Waals surface area (Å²) in [7, 11) is 1.80. The van der Waals surface area contributed by atoms with E-state index in [1.54, 1.807) is 24.3 Å². The van der Waals surface area contributed by atoms with Gasteiger partial charge in [-0.3, -0.25) is 9.78 Å². The molecule has 0 aliphatic heterocycles. The quantitative estimate of drug-likeness (QED) is 0.701. The van der Waals surface area contributed by atoms with Crippen LogP contribution >= 0.6 is 0 Å². The van der Waals surface area contributed by atoms with E-state index in [2.05, 4.69) is 4.98 Å². The first kappa shape index (κ1) is 9.71. The highest BCUT2D eigenvalue weighted by Crippen LogP contribution is 2.01. The number of nitrogens with zero attached hydrogens (tertiary/aromatic N) is 2. The summed E-state index contributed by atoms with van der Waals surface area (Å²) < 4.78 is 0. The first-order valence-electron chi connectivity index (χ1n) is 4.37. The maximum atomic E-state index is 11.2. The Morgan fingerprint density at radius 2 is 2.38 bits per heavy atom. The Hall–Kier alpha value is -1.38. The normalized spacial score (nSPS) is 9.69. The van der Waals surface area contributed by atoms with Crippen LogP contribution in [0, 0.1) is 0 Å². The van der Waals surface area contributed by atoms with E-state index in [0.29, 0.717) is 13.0 Å². The predicted octanol–water partition coefficient (Wildman–Crippen LogP) is 1.45. The Labute approximate surface area is 78.4 Å². The second kappa shape index (κ2) is 4.60. The molecule has 1 rings (SSSR count). The van der Waals surface area contributed by atoms with Gasteiger partial charge in [-0.15, -0.1) is 0 Å². The van der Waals surface area contributed by atoms with E-state index >= 15 is 0 Å². The van der Waals surface area contributed by atoms with E-state index in [0.717, 1.165) is 5.56 Å². The summed E-state index contributed by atoms with van der Waals surface area (Å²) >= 11 is 0. The molecule has 0 saturated heterocycles. The van der Waals surface area contributed by atoms with Crippen molar-refractivity contribution in [2.75, 3.05) is 7.05 Å². The molecule has 0 atom stereocenters. The third-order valence-corrected chi connectivity index (χ3v) is 1.87. The van der Waals surface area contributed by atoms with Crippen molar-refractivity contribution in [1.82, 2.24) is 9.88 Å². The zero-order chi connectivity index (χ0) is 9.68. The Morgan fingerprint density at radius 1 is 1.62 bits per heavy atom. The largest absolute Gasteiger partial charge is 0.341 e. The fourth-order valence-electron chi connectivity index (χ4n) is 1.12. The summed E-state index contributed by atoms with van der Waals surface area (Å²) in [5, 5.41) is 0. The molecule has 1 heterocycles. The zero-order valence-corrected chi connectivity index (χ0v) is 8.03. The number of aromatic nitrogens is 1. The molecule has 0 aliphatic carbocycles. The standard InChI is InChI=1S/C10H14N2O/c1-3-10(13)12(2)8-9-5-4-6-11-7-9/h4-7H,3,8H2,1-2H3. The van der Waals surface area contributed by atoms with Crippen molar-refractivity contribution >= 4 is 5.91 Å². The fraction of sp³-hybridized carbons (Fsp3) is 0.400. The minimum absolute atomic E-state index is 0.156. The SMILES string of the molecule is CCC(=O)N(C)Cc1cccnc1. The molecule has 0 bridgehead atoms. The molecule has 3 nitrogen and oxygen atoms in total. The number of amides is 1. The predicted molar refractivity (Wildman–Crippen MR) is 51.0 cm³/mol. The second-order valence-corrected chi connectivity index (χ2v) is 2.96. The summed E-state index contributed by atoms with van der Waals surface area (Å²) in [5.74, 6) is 0.156. The Kier molecular flexibility index (Phi) is 3.43. The topological polar surface area (TPSA) is 33.2 Å². The number of hydrogen-bond donors (Lipinski definition) is 0. The van der Waals surface area contributed by atoms with Gasteiger partial charge in [0.15, 0.2) is 0 Å². The number of carbonyl (C=O) groups is 1. The zero-order valence-electron chi connectivity index (χ0n) is 8.03. The molecule has 70 valence electrons. The molecule has 0 radical (unpaired) electrons. The number of rotatable bonds is 3. The van der Waals surface area contributed by atoms with Crippen molar-refractivity contribution in [3.05, 3.63) is 30.1 Å². The maximum Gasteiger partial charge on any atom is 0.222 e. The van der Waals surface area contributed by atoms with E-state index in [1.165, 1.54) is 0 Å². The van der Waals surface area contributed by atoms with Gasteiger partial charge in [-0.25, -0.2) is 0 Å². The smallest absolute Gasteiger partial charge is 0.222 e. The van der Waals surface area contributed by atoms with Gasteiger partial charge in [0.05, 0.1) is 0 Å². The highest BCUT2D eigenvalue weighted by atomic mass is 16.2. The van der Waals surface area contributed by atoms with Gasteiger partial charge in [0, 0.05) is 32.4 Å². The van der Waals surface area contributed by atoms with Crippen LogP contribution in [0.1, 0.15) is 18.9 Å². The third-order valence-electron chi connectivity index (χ3n) is 1.87. The van der Waals surface area contributed by atoms with Crippen LogP contribution in [0.5, 0.6) is 0 Å². The molecular formula is C10H14N2O. The molecule has 0 aromatic carbocycles. The van der Waals surface area contributed by atoms with E-state index < -0.39 is 0 Å².